The van der Waals surface area contributed by atoms with Crippen molar-refractivity contribution in [2.45, 2.75) is 6.61 Å². The van der Waals surface area contributed by atoms with Crippen molar-refractivity contribution in [3.63, 3.8) is 0 Å². The van der Waals surface area contributed by atoms with Crippen molar-refractivity contribution >= 4 is 17.9 Å². The monoisotopic (exact) mass is 381 g/mol. The number of hydrogen-bond acceptors (Lipinski definition) is 5. The highest BCUT2D eigenvalue weighted by atomic mass is 19.3. The number of rotatable bonds is 5. The number of carbonyl (C=O) groups excluding carboxylic acids is 1. The molecule has 0 aliphatic carbocycles. The highest BCUT2D eigenvalue weighted by Gasteiger charge is 2.25. The Morgan fingerprint density at radius 2 is 1.85 bits per heavy atom. The van der Waals surface area contributed by atoms with Crippen LogP contribution in [0.2, 0.25) is 0 Å². The number of ether oxygens (including phenoxy) is 3. The van der Waals surface area contributed by atoms with Crippen LogP contribution in [0.3, 0.4) is 0 Å². The third kappa shape index (κ3) is 4.08. The SMILES string of the molecule is COc1cc(C2=N/C(=C\c3ccc(F)c(F)c3)C(=O)O2)ccc1OC(F)F. The average Bonchev–Trinajstić information content (AvgIpc) is 2.98. The largest absolute Gasteiger partial charge is 0.493 e. The Balaban J connectivity index is 1.91. The van der Waals surface area contributed by atoms with Crippen molar-refractivity contribution in [1.82, 2.24) is 0 Å². The Kier molecular flexibility index (Phi) is 5.11. The first-order valence-electron chi connectivity index (χ1n) is 7.48. The standard InChI is InChI=1S/C18H11F4NO4/c1-25-15-8-10(3-5-14(15)26-18(21)22)16-23-13(17(24)27-16)7-9-2-4-11(19)12(20)6-9/h2-8,18H,1H3/b13-7-. The van der Waals surface area contributed by atoms with Crippen LogP contribution >= 0.6 is 0 Å². The maximum atomic E-state index is 13.3. The molecule has 27 heavy (non-hydrogen) atoms. The minimum absolute atomic E-state index is 0.00964. The molecule has 0 N–H and O–H groups in total. The fourth-order valence-corrected chi connectivity index (χ4v) is 2.29. The minimum atomic E-state index is -3.03. The Bertz CT molecular complexity index is 956. The second-order valence-electron chi connectivity index (χ2n) is 5.25. The summed E-state index contributed by atoms with van der Waals surface area (Å²) in [5.74, 6) is -3.20. The van der Waals surface area contributed by atoms with Crippen LogP contribution < -0.4 is 9.47 Å². The van der Waals surface area contributed by atoms with Gasteiger partial charge in [0, 0.05) is 5.56 Å². The summed E-state index contributed by atoms with van der Waals surface area (Å²) in [5.41, 5.74) is 0.350. The van der Waals surface area contributed by atoms with Gasteiger partial charge in [0.25, 0.3) is 0 Å². The van der Waals surface area contributed by atoms with Crippen LogP contribution in [0.25, 0.3) is 6.08 Å². The summed E-state index contributed by atoms with van der Waals surface area (Å²) in [6, 6.07) is 6.97. The molecule has 0 spiro atoms. The highest BCUT2D eigenvalue weighted by molar-refractivity contribution is 6.13. The van der Waals surface area contributed by atoms with Gasteiger partial charge in [0.2, 0.25) is 5.90 Å². The molecular formula is C18H11F4NO4. The number of hydrogen-bond donors (Lipinski definition) is 0. The Morgan fingerprint density at radius 1 is 1.07 bits per heavy atom. The van der Waals surface area contributed by atoms with Gasteiger partial charge in [-0.3, -0.25) is 0 Å². The van der Waals surface area contributed by atoms with Crippen LogP contribution in [-0.4, -0.2) is 25.6 Å². The molecule has 1 aliphatic heterocycles. The molecule has 0 bridgehead atoms. The van der Waals surface area contributed by atoms with E-state index in [0.717, 1.165) is 12.1 Å². The molecule has 1 aliphatic rings. The van der Waals surface area contributed by atoms with Gasteiger partial charge in [-0.2, -0.15) is 8.78 Å². The van der Waals surface area contributed by atoms with E-state index in [0.29, 0.717) is 0 Å². The fourth-order valence-electron chi connectivity index (χ4n) is 2.29. The van der Waals surface area contributed by atoms with Crippen LogP contribution in [0, 0.1) is 11.6 Å². The summed E-state index contributed by atoms with van der Waals surface area (Å²) in [4.78, 5) is 16.0. The summed E-state index contributed by atoms with van der Waals surface area (Å²) in [6.45, 7) is -3.03. The third-order valence-electron chi connectivity index (χ3n) is 3.49. The molecule has 3 rings (SSSR count). The maximum absolute atomic E-state index is 13.3. The molecule has 0 atom stereocenters. The third-order valence-corrected chi connectivity index (χ3v) is 3.49. The molecule has 0 aromatic heterocycles. The normalized spacial score (nSPS) is 15.1. The summed E-state index contributed by atoms with van der Waals surface area (Å²) in [6.07, 6.45) is 1.23. The van der Waals surface area contributed by atoms with Gasteiger partial charge < -0.3 is 14.2 Å². The smallest absolute Gasteiger partial charge is 0.387 e. The predicted octanol–water partition coefficient (Wildman–Crippen LogP) is 3.92. The van der Waals surface area contributed by atoms with Gasteiger partial charge in [-0.15, -0.1) is 0 Å². The minimum Gasteiger partial charge on any atom is -0.493 e. The highest BCUT2D eigenvalue weighted by Crippen LogP contribution is 2.31. The molecule has 9 heteroatoms. The van der Waals surface area contributed by atoms with E-state index in [9.17, 15) is 22.4 Å². The van der Waals surface area contributed by atoms with Crippen molar-refractivity contribution in [1.29, 1.82) is 0 Å². The van der Waals surface area contributed by atoms with Gasteiger partial charge in [-0.25, -0.2) is 18.6 Å². The Hall–Kier alpha value is -3.36. The second kappa shape index (κ2) is 7.48. The lowest BCUT2D eigenvalue weighted by atomic mass is 10.2. The van der Waals surface area contributed by atoms with Gasteiger partial charge in [0.1, 0.15) is 0 Å². The molecule has 2 aromatic carbocycles. The van der Waals surface area contributed by atoms with E-state index in [2.05, 4.69) is 9.73 Å². The number of carbonyl (C=O) groups is 1. The molecule has 0 saturated carbocycles. The zero-order chi connectivity index (χ0) is 19.6. The van der Waals surface area contributed by atoms with Crippen molar-refractivity contribution in [2.24, 2.45) is 4.99 Å². The molecule has 0 unspecified atom stereocenters. The molecule has 0 amide bonds. The molecule has 1 heterocycles. The number of esters is 1. The molecule has 0 saturated heterocycles. The maximum Gasteiger partial charge on any atom is 0.387 e. The van der Waals surface area contributed by atoms with Gasteiger partial charge in [0.15, 0.2) is 28.8 Å². The van der Waals surface area contributed by atoms with Crippen LogP contribution in [0.15, 0.2) is 47.1 Å². The summed E-state index contributed by atoms with van der Waals surface area (Å²) in [7, 11) is 1.26. The first-order chi connectivity index (χ1) is 12.9. The van der Waals surface area contributed by atoms with Crippen LogP contribution in [0.4, 0.5) is 17.6 Å². The number of aliphatic imine (C=N–C) groups is 1. The lowest BCUT2D eigenvalue weighted by Gasteiger charge is -2.10. The summed E-state index contributed by atoms with van der Waals surface area (Å²) >= 11 is 0. The van der Waals surface area contributed by atoms with E-state index in [4.69, 9.17) is 9.47 Å². The van der Waals surface area contributed by atoms with Crippen molar-refractivity contribution in [3.05, 3.63) is 64.9 Å². The Morgan fingerprint density at radius 3 is 2.52 bits per heavy atom. The van der Waals surface area contributed by atoms with Gasteiger partial charge >= 0.3 is 12.6 Å². The van der Waals surface area contributed by atoms with Gasteiger partial charge in [0.05, 0.1) is 7.11 Å². The molecule has 2 aromatic rings. The van der Waals surface area contributed by atoms with Crippen LogP contribution in [-0.2, 0) is 9.53 Å². The van der Waals surface area contributed by atoms with Crippen LogP contribution in [0.1, 0.15) is 11.1 Å². The summed E-state index contributed by atoms with van der Waals surface area (Å²) in [5, 5.41) is 0. The predicted molar refractivity (Wildman–Crippen MR) is 86.6 cm³/mol. The molecule has 0 radical (unpaired) electrons. The average molecular weight is 381 g/mol. The van der Waals surface area contributed by atoms with E-state index in [1.165, 1.54) is 37.5 Å². The quantitative estimate of drug-likeness (QED) is 0.448. The summed E-state index contributed by atoms with van der Waals surface area (Å²) < 4.78 is 65.3. The fraction of sp³-hybridized carbons (Fsp3) is 0.111. The lowest BCUT2D eigenvalue weighted by Crippen LogP contribution is -2.07. The number of alkyl halides is 2. The number of benzene rings is 2. The number of cyclic esters (lactones) is 1. The van der Waals surface area contributed by atoms with Crippen molar-refractivity contribution in [2.75, 3.05) is 7.11 Å². The molecular weight excluding hydrogens is 370 g/mol. The van der Waals surface area contributed by atoms with Crippen molar-refractivity contribution in [3.8, 4) is 11.5 Å². The first kappa shape index (κ1) is 18.4. The molecule has 0 fully saturated rings. The topological polar surface area (TPSA) is 57.1 Å². The number of halogens is 4. The molecule has 5 nitrogen and oxygen atoms in total. The Labute approximate surface area is 150 Å². The molecule has 140 valence electrons. The second-order valence-corrected chi connectivity index (χ2v) is 5.25. The van der Waals surface area contributed by atoms with Gasteiger partial charge in [-0.1, -0.05) is 6.07 Å². The lowest BCUT2D eigenvalue weighted by molar-refractivity contribution is -0.129. The number of nitrogens with zero attached hydrogens (tertiary/aromatic N) is 1. The zero-order valence-corrected chi connectivity index (χ0v) is 13.7. The van der Waals surface area contributed by atoms with Crippen LogP contribution in [0.5, 0.6) is 11.5 Å². The van der Waals surface area contributed by atoms with Gasteiger partial charge in [-0.05, 0) is 42.0 Å². The van der Waals surface area contributed by atoms with E-state index in [-0.39, 0.29) is 34.2 Å². The van der Waals surface area contributed by atoms with E-state index in [1.807, 2.05) is 0 Å². The zero-order valence-electron chi connectivity index (χ0n) is 13.7. The number of methoxy groups -OCH3 is 1. The van der Waals surface area contributed by atoms with Crippen molar-refractivity contribution < 1.29 is 36.6 Å². The van der Waals surface area contributed by atoms with E-state index < -0.39 is 24.2 Å². The van der Waals surface area contributed by atoms with E-state index >= 15 is 0 Å². The first-order valence-corrected chi connectivity index (χ1v) is 7.48. The van der Waals surface area contributed by atoms with E-state index in [1.54, 1.807) is 0 Å².